The van der Waals surface area contributed by atoms with Gasteiger partial charge in [0.25, 0.3) is 5.56 Å². The normalized spacial score (nSPS) is 10.3. The number of anilines is 1. The second kappa shape index (κ2) is 5.72. The van der Waals surface area contributed by atoms with E-state index in [0.717, 1.165) is 13.0 Å². The quantitative estimate of drug-likeness (QED) is 0.777. The van der Waals surface area contributed by atoms with Crippen molar-refractivity contribution in [2.45, 2.75) is 13.3 Å². The van der Waals surface area contributed by atoms with Crippen LogP contribution in [-0.4, -0.2) is 29.6 Å². The number of nitrogens with one attached hydrogen (secondary N) is 1. The van der Waals surface area contributed by atoms with Gasteiger partial charge in [-0.15, -0.1) is 0 Å². The molecule has 1 aromatic heterocycles. The molecule has 1 rings (SSSR count). The Balaban J connectivity index is 2.99. The molecule has 1 heterocycles. The van der Waals surface area contributed by atoms with Crippen LogP contribution in [0.25, 0.3) is 0 Å². The molecule has 0 radical (unpaired) electrons. The number of halogens is 1. The van der Waals surface area contributed by atoms with Crippen LogP contribution in [0.1, 0.15) is 13.3 Å². The Kier molecular flexibility index (Phi) is 4.58. The van der Waals surface area contributed by atoms with Crippen LogP contribution in [0.3, 0.4) is 0 Å². The molecule has 0 atom stereocenters. The highest BCUT2D eigenvalue weighted by Crippen LogP contribution is 2.17. The van der Waals surface area contributed by atoms with Gasteiger partial charge in [0, 0.05) is 19.6 Å². The van der Waals surface area contributed by atoms with E-state index in [1.54, 1.807) is 0 Å². The van der Waals surface area contributed by atoms with Gasteiger partial charge < -0.3 is 15.6 Å². The summed E-state index contributed by atoms with van der Waals surface area (Å²) in [5, 5.41) is 0.124. The second-order valence-corrected chi connectivity index (χ2v) is 3.52. The standard InChI is InChI=1S/C9H15ClN4O/c1-2-4-14(5-3-11)8-7(10)9(15)13-6-12-8/h6H,2-5,11H2,1H3,(H,12,13,15). The molecule has 3 N–H and O–H groups in total. The molecule has 0 saturated heterocycles. The molecule has 5 nitrogen and oxygen atoms in total. The van der Waals surface area contributed by atoms with Crippen molar-refractivity contribution in [3.8, 4) is 0 Å². The van der Waals surface area contributed by atoms with Gasteiger partial charge in [0.15, 0.2) is 5.82 Å². The van der Waals surface area contributed by atoms with Gasteiger partial charge in [-0.05, 0) is 6.42 Å². The van der Waals surface area contributed by atoms with Gasteiger partial charge in [0.1, 0.15) is 5.02 Å². The lowest BCUT2D eigenvalue weighted by molar-refractivity contribution is 0.748. The molecule has 15 heavy (non-hydrogen) atoms. The summed E-state index contributed by atoms with van der Waals surface area (Å²) in [5.41, 5.74) is 5.17. The fourth-order valence-electron chi connectivity index (χ4n) is 1.34. The molecular weight excluding hydrogens is 216 g/mol. The van der Waals surface area contributed by atoms with Crippen molar-refractivity contribution in [3.63, 3.8) is 0 Å². The van der Waals surface area contributed by atoms with Crippen LogP contribution < -0.4 is 16.2 Å². The minimum Gasteiger partial charge on any atom is -0.354 e. The zero-order valence-electron chi connectivity index (χ0n) is 8.66. The lowest BCUT2D eigenvalue weighted by Crippen LogP contribution is -2.32. The molecule has 1 aromatic rings. The molecule has 0 spiro atoms. The van der Waals surface area contributed by atoms with Gasteiger partial charge >= 0.3 is 0 Å². The minimum absolute atomic E-state index is 0.124. The first-order valence-corrected chi connectivity index (χ1v) is 5.26. The Morgan fingerprint density at radius 1 is 1.60 bits per heavy atom. The van der Waals surface area contributed by atoms with Crippen molar-refractivity contribution < 1.29 is 0 Å². The highest BCUT2D eigenvalue weighted by Gasteiger charge is 2.12. The van der Waals surface area contributed by atoms with Crippen molar-refractivity contribution in [2.75, 3.05) is 24.5 Å². The Bertz CT molecular complexity index is 359. The van der Waals surface area contributed by atoms with E-state index in [1.807, 2.05) is 11.8 Å². The van der Waals surface area contributed by atoms with Crippen LogP contribution in [0.2, 0.25) is 5.02 Å². The molecule has 0 saturated carbocycles. The molecule has 0 bridgehead atoms. The van der Waals surface area contributed by atoms with Gasteiger partial charge in [-0.3, -0.25) is 4.79 Å². The fourth-order valence-corrected chi connectivity index (χ4v) is 1.57. The third-order valence-electron chi connectivity index (χ3n) is 1.97. The zero-order chi connectivity index (χ0) is 11.3. The van der Waals surface area contributed by atoms with E-state index in [-0.39, 0.29) is 10.6 Å². The number of nitrogens with two attached hydrogens (primary N) is 1. The molecule has 0 fully saturated rings. The van der Waals surface area contributed by atoms with Crippen molar-refractivity contribution in [1.29, 1.82) is 0 Å². The average molecular weight is 231 g/mol. The summed E-state index contributed by atoms with van der Waals surface area (Å²) < 4.78 is 0. The smallest absolute Gasteiger partial charge is 0.271 e. The van der Waals surface area contributed by atoms with Gasteiger partial charge in [-0.25, -0.2) is 4.98 Å². The third-order valence-corrected chi connectivity index (χ3v) is 2.31. The zero-order valence-corrected chi connectivity index (χ0v) is 9.42. The molecule has 6 heteroatoms. The summed E-state index contributed by atoms with van der Waals surface area (Å²) in [6.07, 6.45) is 2.30. The molecule has 0 aliphatic heterocycles. The van der Waals surface area contributed by atoms with Gasteiger partial charge in [0.05, 0.1) is 6.33 Å². The molecule has 0 unspecified atom stereocenters. The van der Waals surface area contributed by atoms with Gasteiger partial charge in [0.2, 0.25) is 0 Å². The van der Waals surface area contributed by atoms with E-state index in [9.17, 15) is 4.79 Å². The first-order valence-electron chi connectivity index (χ1n) is 4.89. The summed E-state index contributed by atoms with van der Waals surface area (Å²) >= 11 is 5.87. The Morgan fingerprint density at radius 3 is 2.93 bits per heavy atom. The van der Waals surface area contributed by atoms with Crippen molar-refractivity contribution in [3.05, 3.63) is 21.7 Å². The fraction of sp³-hybridized carbons (Fsp3) is 0.556. The maximum Gasteiger partial charge on any atom is 0.271 e. The number of H-pyrrole nitrogens is 1. The molecule has 0 amide bonds. The molecular formula is C9H15ClN4O. The third kappa shape index (κ3) is 2.94. The van der Waals surface area contributed by atoms with Gasteiger partial charge in [-0.1, -0.05) is 18.5 Å². The minimum atomic E-state index is -0.320. The summed E-state index contributed by atoms with van der Waals surface area (Å²) in [6, 6.07) is 0. The summed E-state index contributed by atoms with van der Waals surface area (Å²) in [5.74, 6) is 0.507. The van der Waals surface area contributed by atoms with Crippen molar-refractivity contribution in [1.82, 2.24) is 9.97 Å². The number of rotatable bonds is 5. The summed E-state index contributed by atoms with van der Waals surface area (Å²) in [7, 11) is 0. The maximum absolute atomic E-state index is 11.3. The van der Waals surface area contributed by atoms with Crippen LogP contribution in [0, 0.1) is 0 Å². The molecule has 0 aliphatic rings. The van der Waals surface area contributed by atoms with E-state index in [0.29, 0.717) is 18.9 Å². The highest BCUT2D eigenvalue weighted by molar-refractivity contribution is 6.32. The van der Waals surface area contributed by atoms with Crippen molar-refractivity contribution >= 4 is 17.4 Å². The van der Waals surface area contributed by atoms with E-state index in [1.165, 1.54) is 6.33 Å². The first kappa shape index (κ1) is 12.0. The predicted molar refractivity (Wildman–Crippen MR) is 61.4 cm³/mol. The van der Waals surface area contributed by atoms with Crippen LogP contribution in [0.15, 0.2) is 11.1 Å². The SMILES string of the molecule is CCCN(CCN)c1nc[nH]c(=O)c1Cl. The largest absolute Gasteiger partial charge is 0.354 e. The van der Waals surface area contributed by atoms with Crippen molar-refractivity contribution in [2.24, 2.45) is 5.73 Å². The maximum atomic E-state index is 11.3. The van der Waals surface area contributed by atoms with Crippen LogP contribution in [-0.2, 0) is 0 Å². The van der Waals surface area contributed by atoms with Crippen LogP contribution in [0.4, 0.5) is 5.82 Å². The molecule has 0 aliphatic carbocycles. The number of hydrogen-bond donors (Lipinski definition) is 2. The lowest BCUT2D eigenvalue weighted by Gasteiger charge is -2.22. The number of nitrogens with zero attached hydrogens (tertiary/aromatic N) is 2. The van der Waals surface area contributed by atoms with E-state index in [2.05, 4.69) is 9.97 Å². The highest BCUT2D eigenvalue weighted by atomic mass is 35.5. The van der Waals surface area contributed by atoms with Crippen LogP contribution >= 0.6 is 11.6 Å². The topological polar surface area (TPSA) is 75.0 Å². The number of aromatic amines is 1. The number of hydrogen-bond acceptors (Lipinski definition) is 4. The van der Waals surface area contributed by atoms with Gasteiger partial charge in [-0.2, -0.15) is 0 Å². The first-order chi connectivity index (χ1) is 7.20. The van der Waals surface area contributed by atoms with E-state index >= 15 is 0 Å². The molecule has 84 valence electrons. The summed E-state index contributed by atoms with van der Waals surface area (Å²) in [4.78, 5) is 19.7. The number of aromatic nitrogens is 2. The summed E-state index contributed by atoms with van der Waals surface area (Å²) in [6.45, 7) is 3.98. The Morgan fingerprint density at radius 2 is 2.33 bits per heavy atom. The average Bonchev–Trinajstić information content (AvgIpc) is 2.22. The predicted octanol–water partition coefficient (Wildman–Crippen LogP) is 0.598. The van der Waals surface area contributed by atoms with Crippen LogP contribution in [0.5, 0.6) is 0 Å². The van der Waals surface area contributed by atoms with E-state index in [4.69, 9.17) is 17.3 Å². The van der Waals surface area contributed by atoms with E-state index < -0.39 is 0 Å². The monoisotopic (exact) mass is 230 g/mol. The Hall–Kier alpha value is -1.07. The second-order valence-electron chi connectivity index (χ2n) is 3.14. The lowest BCUT2D eigenvalue weighted by atomic mass is 10.4. The Labute approximate surface area is 93.3 Å². The molecule has 0 aromatic carbocycles.